The molecule has 3 atom stereocenters. The Morgan fingerprint density at radius 1 is 1.38 bits per heavy atom. The monoisotopic (exact) mass is 376 g/mol. The smallest absolute Gasteiger partial charge is 0.257 e. The Hall–Kier alpha value is -1.82. The predicted octanol–water partition coefficient (Wildman–Crippen LogP) is 3.48. The number of fused-ring (bicyclic) bond motifs is 1. The molecule has 1 aliphatic heterocycles. The second-order valence-electron chi connectivity index (χ2n) is 6.92. The van der Waals surface area contributed by atoms with Crippen molar-refractivity contribution in [3.63, 3.8) is 0 Å². The summed E-state index contributed by atoms with van der Waals surface area (Å²) in [5, 5.41) is 6.27. The average molecular weight is 376 g/mol. The highest BCUT2D eigenvalue weighted by atomic mass is 32.2. The molecular weight excluding hydrogens is 351 g/mol. The number of halogens is 1. The molecule has 140 valence electrons. The van der Waals surface area contributed by atoms with Crippen molar-refractivity contribution in [2.24, 2.45) is 5.92 Å². The first kappa shape index (κ1) is 19.0. The molecule has 3 unspecified atom stereocenters. The lowest BCUT2D eigenvalue weighted by Gasteiger charge is -2.39. The van der Waals surface area contributed by atoms with Gasteiger partial charge in [-0.25, -0.2) is 4.39 Å². The number of rotatable bonds is 5. The van der Waals surface area contributed by atoms with Crippen molar-refractivity contribution in [2.75, 3.05) is 6.54 Å². The van der Waals surface area contributed by atoms with E-state index in [2.05, 4.69) is 17.6 Å². The number of amides is 2. The summed E-state index contributed by atoms with van der Waals surface area (Å²) in [5.74, 6) is -0.440. The first-order chi connectivity index (χ1) is 12.6. The zero-order chi connectivity index (χ0) is 18.5. The van der Waals surface area contributed by atoms with Crippen molar-refractivity contribution < 1.29 is 14.0 Å². The molecule has 2 fully saturated rings. The molecule has 26 heavy (non-hydrogen) atoms. The van der Waals surface area contributed by atoms with Crippen LogP contribution in [0.25, 0.3) is 6.08 Å². The molecule has 0 aromatic heterocycles. The Labute approximate surface area is 158 Å². The van der Waals surface area contributed by atoms with Crippen LogP contribution in [0.3, 0.4) is 0 Å². The minimum atomic E-state index is -0.331. The van der Waals surface area contributed by atoms with Crippen molar-refractivity contribution in [1.29, 1.82) is 0 Å². The van der Waals surface area contributed by atoms with Gasteiger partial charge in [0.05, 0.1) is 4.91 Å². The number of unbranched alkanes of at least 4 members (excludes halogenated alkanes) is 1. The third-order valence-corrected chi connectivity index (χ3v) is 6.42. The maximum absolute atomic E-state index is 13.8. The van der Waals surface area contributed by atoms with Gasteiger partial charge in [0.25, 0.3) is 5.91 Å². The molecule has 3 rings (SSSR count). The number of carbonyl (C=O) groups excluding carboxylic acids is 2. The van der Waals surface area contributed by atoms with E-state index < -0.39 is 0 Å². The zero-order valence-electron chi connectivity index (χ0n) is 15.0. The van der Waals surface area contributed by atoms with Gasteiger partial charge in [-0.15, -0.1) is 11.8 Å². The molecule has 0 spiro atoms. The van der Waals surface area contributed by atoms with Gasteiger partial charge in [-0.05, 0) is 37.8 Å². The molecule has 1 saturated heterocycles. The van der Waals surface area contributed by atoms with Crippen LogP contribution in [0, 0.1) is 11.7 Å². The number of benzene rings is 1. The summed E-state index contributed by atoms with van der Waals surface area (Å²) in [7, 11) is 0. The zero-order valence-corrected chi connectivity index (χ0v) is 15.8. The summed E-state index contributed by atoms with van der Waals surface area (Å²) in [5.41, 5.74) is 0.424. The summed E-state index contributed by atoms with van der Waals surface area (Å²) in [6, 6.07) is 6.45. The SMILES string of the molecule is CCCCNC(=O)C1CCC2S/C(=C/c3ccccc3F)C(=O)NC2C1. The van der Waals surface area contributed by atoms with Crippen molar-refractivity contribution >= 4 is 29.7 Å². The molecule has 2 amide bonds. The number of hydrogen-bond donors (Lipinski definition) is 2. The van der Waals surface area contributed by atoms with E-state index in [1.54, 1.807) is 24.3 Å². The van der Waals surface area contributed by atoms with Crippen molar-refractivity contribution in [3.05, 3.63) is 40.6 Å². The van der Waals surface area contributed by atoms with E-state index >= 15 is 0 Å². The van der Waals surface area contributed by atoms with E-state index in [-0.39, 0.29) is 34.8 Å². The van der Waals surface area contributed by atoms with Gasteiger partial charge >= 0.3 is 0 Å². The van der Waals surface area contributed by atoms with Crippen molar-refractivity contribution in [2.45, 2.75) is 50.3 Å². The van der Waals surface area contributed by atoms with Gasteiger partial charge in [0.1, 0.15) is 5.82 Å². The molecule has 1 heterocycles. The molecule has 4 nitrogen and oxygen atoms in total. The molecule has 1 saturated carbocycles. The molecule has 0 bridgehead atoms. The van der Waals surface area contributed by atoms with Gasteiger partial charge < -0.3 is 10.6 Å². The van der Waals surface area contributed by atoms with Crippen LogP contribution in [0.5, 0.6) is 0 Å². The summed E-state index contributed by atoms with van der Waals surface area (Å²) in [6.07, 6.45) is 6.04. The van der Waals surface area contributed by atoms with Crippen LogP contribution in [0.4, 0.5) is 4.39 Å². The van der Waals surface area contributed by atoms with E-state index in [0.29, 0.717) is 16.9 Å². The Kier molecular flexibility index (Phi) is 6.35. The number of thioether (sulfide) groups is 1. The van der Waals surface area contributed by atoms with E-state index in [9.17, 15) is 14.0 Å². The van der Waals surface area contributed by atoms with E-state index in [4.69, 9.17) is 0 Å². The molecule has 0 radical (unpaired) electrons. The Morgan fingerprint density at radius 3 is 2.96 bits per heavy atom. The van der Waals surface area contributed by atoms with Crippen molar-refractivity contribution in [1.82, 2.24) is 10.6 Å². The van der Waals surface area contributed by atoms with Gasteiger partial charge in [-0.2, -0.15) is 0 Å². The van der Waals surface area contributed by atoms with E-state index in [1.165, 1.54) is 17.8 Å². The topological polar surface area (TPSA) is 58.2 Å². The maximum atomic E-state index is 13.8. The summed E-state index contributed by atoms with van der Waals surface area (Å²) >= 11 is 1.51. The lowest BCUT2D eigenvalue weighted by Crippen LogP contribution is -2.51. The van der Waals surface area contributed by atoms with Gasteiger partial charge in [0.2, 0.25) is 5.91 Å². The second kappa shape index (κ2) is 8.71. The van der Waals surface area contributed by atoms with Gasteiger partial charge in [-0.3, -0.25) is 9.59 Å². The quantitative estimate of drug-likeness (QED) is 0.611. The molecular formula is C20H25FN2O2S. The molecule has 1 aromatic rings. The van der Waals surface area contributed by atoms with Crippen LogP contribution in [0.1, 0.15) is 44.6 Å². The highest BCUT2D eigenvalue weighted by Crippen LogP contribution is 2.40. The summed E-state index contributed by atoms with van der Waals surface area (Å²) in [6.45, 7) is 2.81. The van der Waals surface area contributed by atoms with Crippen LogP contribution >= 0.6 is 11.8 Å². The predicted molar refractivity (Wildman–Crippen MR) is 103 cm³/mol. The van der Waals surface area contributed by atoms with E-state index in [1.807, 2.05) is 0 Å². The molecule has 1 aliphatic carbocycles. The summed E-state index contributed by atoms with van der Waals surface area (Å²) < 4.78 is 13.8. The highest BCUT2D eigenvalue weighted by Gasteiger charge is 2.39. The summed E-state index contributed by atoms with van der Waals surface area (Å²) in [4.78, 5) is 25.3. The highest BCUT2D eigenvalue weighted by molar-refractivity contribution is 8.04. The third-order valence-electron chi connectivity index (χ3n) is 5.00. The minimum absolute atomic E-state index is 0.000875. The number of carbonyl (C=O) groups is 2. The first-order valence-corrected chi connectivity index (χ1v) is 10.2. The van der Waals surface area contributed by atoms with Gasteiger partial charge in [-0.1, -0.05) is 31.5 Å². The van der Waals surface area contributed by atoms with Gasteiger partial charge in [0, 0.05) is 29.3 Å². The standard InChI is InChI=1S/C20H25FN2O2S/c1-2-3-10-22-19(24)14-8-9-17-16(11-14)23-20(25)18(26-17)12-13-6-4-5-7-15(13)21/h4-7,12,14,16-17H,2-3,8-11H2,1H3,(H,22,24)(H,23,25)/b18-12+. The normalized spacial score (nSPS) is 26.9. The van der Waals surface area contributed by atoms with E-state index in [0.717, 1.165) is 32.2 Å². The number of hydrogen-bond acceptors (Lipinski definition) is 3. The molecule has 1 aromatic carbocycles. The Balaban J connectivity index is 1.62. The lowest BCUT2D eigenvalue weighted by atomic mass is 9.84. The second-order valence-corrected chi connectivity index (χ2v) is 8.20. The first-order valence-electron chi connectivity index (χ1n) is 9.30. The van der Waals surface area contributed by atoms with Crippen molar-refractivity contribution in [3.8, 4) is 0 Å². The molecule has 2 aliphatic rings. The fraction of sp³-hybridized carbons (Fsp3) is 0.500. The van der Waals surface area contributed by atoms with Crippen LogP contribution in [0.2, 0.25) is 0 Å². The third kappa shape index (κ3) is 4.47. The molecule has 6 heteroatoms. The average Bonchev–Trinajstić information content (AvgIpc) is 2.64. The fourth-order valence-corrected chi connectivity index (χ4v) is 4.78. The largest absolute Gasteiger partial charge is 0.356 e. The lowest BCUT2D eigenvalue weighted by molar-refractivity contribution is -0.127. The Morgan fingerprint density at radius 2 is 2.19 bits per heavy atom. The maximum Gasteiger partial charge on any atom is 0.257 e. The van der Waals surface area contributed by atoms with Crippen LogP contribution < -0.4 is 10.6 Å². The van der Waals surface area contributed by atoms with Crippen LogP contribution in [-0.4, -0.2) is 29.7 Å². The molecule has 2 N–H and O–H groups in total. The fourth-order valence-electron chi connectivity index (χ4n) is 3.50. The minimum Gasteiger partial charge on any atom is -0.356 e. The van der Waals surface area contributed by atoms with Gasteiger partial charge in [0.15, 0.2) is 0 Å². The Bertz CT molecular complexity index is 707. The van der Waals surface area contributed by atoms with Crippen LogP contribution in [-0.2, 0) is 9.59 Å². The number of nitrogens with one attached hydrogen (secondary N) is 2. The van der Waals surface area contributed by atoms with Crippen LogP contribution in [0.15, 0.2) is 29.2 Å².